The van der Waals surface area contributed by atoms with E-state index in [1.54, 1.807) is 12.1 Å². The molecule has 0 aliphatic heterocycles. The Morgan fingerprint density at radius 3 is 2.45 bits per heavy atom. The number of halogens is 3. The van der Waals surface area contributed by atoms with Gasteiger partial charge in [-0.2, -0.15) is 0 Å². The quantitative estimate of drug-likeness (QED) is 0.441. The molecule has 1 aromatic rings. The Hall–Kier alpha value is 0.200. The average molecular weight is 301 g/mol. The van der Waals surface area contributed by atoms with E-state index in [0.717, 1.165) is 3.57 Å². The smallest absolute Gasteiger partial charge is 0.153 e. The lowest BCUT2D eigenvalue weighted by Gasteiger charge is -2.00. The van der Waals surface area contributed by atoms with Crippen LogP contribution in [0.4, 0.5) is 0 Å². The third kappa shape index (κ3) is 1.86. The molecule has 0 heterocycles. The lowest BCUT2D eigenvalue weighted by molar-refractivity contribution is 0.112. The topological polar surface area (TPSA) is 17.1 Å². The molecule has 11 heavy (non-hydrogen) atoms. The molecular formula is C7H3Cl2IO. The molecule has 0 aromatic heterocycles. The summed E-state index contributed by atoms with van der Waals surface area (Å²) in [7, 11) is 0. The summed E-state index contributed by atoms with van der Waals surface area (Å²) in [6, 6.07) is 3.41. The molecule has 4 heteroatoms. The Labute approximate surface area is 87.8 Å². The monoisotopic (exact) mass is 300 g/mol. The summed E-state index contributed by atoms with van der Waals surface area (Å²) < 4.78 is 0.829. The van der Waals surface area contributed by atoms with E-state index in [1.807, 2.05) is 22.6 Å². The van der Waals surface area contributed by atoms with Crippen LogP contribution in [0.5, 0.6) is 0 Å². The molecule has 0 radical (unpaired) electrons. The zero-order valence-corrected chi connectivity index (χ0v) is 8.94. The van der Waals surface area contributed by atoms with Crippen molar-refractivity contribution in [3.8, 4) is 0 Å². The van der Waals surface area contributed by atoms with Gasteiger partial charge in [0.15, 0.2) is 6.29 Å². The second-order valence-corrected chi connectivity index (χ2v) is 3.82. The van der Waals surface area contributed by atoms with Crippen LogP contribution in [0.25, 0.3) is 0 Å². The Bertz CT molecular complexity index is 299. The maximum Gasteiger partial charge on any atom is 0.153 e. The van der Waals surface area contributed by atoms with Crippen molar-refractivity contribution in [2.24, 2.45) is 0 Å². The molecule has 0 unspecified atom stereocenters. The Balaban J connectivity index is 3.40. The van der Waals surface area contributed by atoms with Crippen LogP contribution in [0.3, 0.4) is 0 Å². The Morgan fingerprint density at radius 2 is 2.00 bits per heavy atom. The largest absolute Gasteiger partial charge is 0.298 e. The van der Waals surface area contributed by atoms with Crippen LogP contribution < -0.4 is 0 Å². The molecule has 0 fully saturated rings. The fraction of sp³-hybridized carbons (Fsp3) is 0. The first kappa shape index (κ1) is 9.29. The number of hydrogen-bond donors (Lipinski definition) is 0. The van der Waals surface area contributed by atoms with Crippen LogP contribution in [0.1, 0.15) is 10.4 Å². The number of carbonyl (C=O) groups is 1. The minimum atomic E-state index is 0.361. The highest BCUT2D eigenvalue weighted by atomic mass is 127. The third-order valence-corrected chi connectivity index (χ3v) is 3.15. The number of benzene rings is 1. The summed E-state index contributed by atoms with van der Waals surface area (Å²) in [6.45, 7) is 0. The van der Waals surface area contributed by atoms with Crippen molar-refractivity contribution in [3.05, 3.63) is 31.3 Å². The fourth-order valence-electron chi connectivity index (χ4n) is 0.651. The van der Waals surface area contributed by atoms with Crippen LogP contribution in [0, 0.1) is 3.57 Å². The molecule has 1 rings (SSSR count). The fourth-order valence-corrected chi connectivity index (χ4v) is 1.58. The number of rotatable bonds is 1. The third-order valence-electron chi connectivity index (χ3n) is 1.20. The summed E-state index contributed by atoms with van der Waals surface area (Å²) in [6.07, 6.45) is 0.660. The molecule has 0 spiro atoms. The van der Waals surface area contributed by atoms with Gasteiger partial charge in [-0.15, -0.1) is 0 Å². The molecule has 0 atom stereocenters. The van der Waals surface area contributed by atoms with Crippen LogP contribution in [-0.4, -0.2) is 6.29 Å². The van der Waals surface area contributed by atoms with Crippen LogP contribution in [-0.2, 0) is 0 Å². The SMILES string of the molecule is O=Cc1c(Cl)ccc(I)c1Cl. The van der Waals surface area contributed by atoms with E-state index in [-0.39, 0.29) is 0 Å². The number of aldehydes is 1. The first-order valence-corrected chi connectivity index (χ1v) is 4.59. The molecular weight excluding hydrogens is 298 g/mol. The standard InChI is InChI=1S/C7H3Cl2IO/c8-5-1-2-6(10)7(9)4(5)3-11/h1-3H. The van der Waals surface area contributed by atoms with Crippen molar-refractivity contribution >= 4 is 52.1 Å². The van der Waals surface area contributed by atoms with E-state index in [2.05, 4.69) is 0 Å². The summed E-state index contributed by atoms with van der Waals surface area (Å²) >= 11 is 13.5. The predicted molar refractivity (Wildman–Crippen MR) is 54.6 cm³/mol. The van der Waals surface area contributed by atoms with Gasteiger partial charge in [-0.05, 0) is 34.7 Å². The maximum atomic E-state index is 10.4. The van der Waals surface area contributed by atoms with Gasteiger partial charge in [0.2, 0.25) is 0 Å². The number of hydrogen-bond acceptors (Lipinski definition) is 1. The second kappa shape index (κ2) is 3.74. The van der Waals surface area contributed by atoms with Crippen molar-refractivity contribution < 1.29 is 4.79 Å². The van der Waals surface area contributed by atoms with Crippen molar-refractivity contribution in [3.63, 3.8) is 0 Å². The molecule has 0 saturated heterocycles. The molecule has 0 aliphatic carbocycles. The van der Waals surface area contributed by atoms with Gasteiger partial charge >= 0.3 is 0 Å². The zero-order valence-electron chi connectivity index (χ0n) is 5.27. The Kier molecular flexibility index (Phi) is 3.16. The van der Waals surface area contributed by atoms with Crippen molar-refractivity contribution in [1.29, 1.82) is 0 Å². The van der Waals surface area contributed by atoms with Crippen LogP contribution in [0.15, 0.2) is 12.1 Å². The van der Waals surface area contributed by atoms with Gasteiger partial charge in [0, 0.05) is 3.57 Å². The van der Waals surface area contributed by atoms with Crippen molar-refractivity contribution in [2.45, 2.75) is 0 Å². The molecule has 0 bridgehead atoms. The van der Waals surface area contributed by atoms with Gasteiger partial charge in [0.1, 0.15) is 0 Å². The van der Waals surface area contributed by atoms with Gasteiger partial charge in [0.05, 0.1) is 15.6 Å². The lowest BCUT2D eigenvalue weighted by Crippen LogP contribution is -1.86. The molecule has 0 saturated carbocycles. The molecule has 0 amide bonds. The molecule has 58 valence electrons. The second-order valence-electron chi connectivity index (χ2n) is 1.87. The van der Waals surface area contributed by atoms with Crippen LogP contribution in [0.2, 0.25) is 10.0 Å². The van der Waals surface area contributed by atoms with Gasteiger partial charge in [-0.1, -0.05) is 23.2 Å². The van der Waals surface area contributed by atoms with Crippen LogP contribution >= 0.6 is 45.8 Å². The molecule has 0 aliphatic rings. The maximum absolute atomic E-state index is 10.4. The van der Waals surface area contributed by atoms with E-state index in [0.29, 0.717) is 21.9 Å². The zero-order chi connectivity index (χ0) is 8.43. The van der Waals surface area contributed by atoms with Gasteiger partial charge in [-0.3, -0.25) is 4.79 Å². The molecule has 1 nitrogen and oxygen atoms in total. The van der Waals surface area contributed by atoms with Gasteiger partial charge < -0.3 is 0 Å². The predicted octanol–water partition coefficient (Wildman–Crippen LogP) is 3.41. The first-order chi connectivity index (χ1) is 5.16. The highest BCUT2D eigenvalue weighted by Crippen LogP contribution is 2.27. The molecule has 0 N–H and O–H groups in total. The highest BCUT2D eigenvalue weighted by Gasteiger charge is 2.06. The summed E-state index contributed by atoms with van der Waals surface area (Å²) in [5.41, 5.74) is 0.361. The summed E-state index contributed by atoms with van der Waals surface area (Å²) in [5, 5.41) is 0.818. The minimum Gasteiger partial charge on any atom is -0.298 e. The molecule has 1 aromatic carbocycles. The number of carbonyl (C=O) groups excluding carboxylic acids is 1. The Morgan fingerprint density at radius 1 is 1.36 bits per heavy atom. The lowest BCUT2D eigenvalue weighted by atomic mass is 10.2. The summed E-state index contributed by atoms with van der Waals surface area (Å²) in [5.74, 6) is 0. The normalized spacial score (nSPS) is 9.73. The summed E-state index contributed by atoms with van der Waals surface area (Å²) in [4.78, 5) is 10.4. The van der Waals surface area contributed by atoms with E-state index >= 15 is 0 Å². The van der Waals surface area contributed by atoms with E-state index in [4.69, 9.17) is 23.2 Å². The first-order valence-electron chi connectivity index (χ1n) is 2.75. The highest BCUT2D eigenvalue weighted by molar-refractivity contribution is 14.1. The minimum absolute atomic E-state index is 0.361. The van der Waals surface area contributed by atoms with Crippen molar-refractivity contribution in [1.82, 2.24) is 0 Å². The van der Waals surface area contributed by atoms with E-state index in [9.17, 15) is 4.79 Å². The van der Waals surface area contributed by atoms with E-state index < -0.39 is 0 Å². The van der Waals surface area contributed by atoms with E-state index in [1.165, 1.54) is 0 Å². The van der Waals surface area contributed by atoms with Gasteiger partial charge in [-0.25, -0.2) is 0 Å². The van der Waals surface area contributed by atoms with Crippen molar-refractivity contribution in [2.75, 3.05) is 0 Å². The van der Waals surface area contributed by atoms with Gasteiger partial charge in [0.25, 0.3) is 0 Å². The average Bonchev–Trinajstić information content (AvgIpc) is 1.99.